The van der Waals surface area contributed by atoms with Crippen LogP contribution in [0.5, 0.6) is 0 Å². The van der Waals surface area contributed by atoms with Gasteiger partial charge in [-0.3, -0.25) is 14.3 Å². The number of nitrogens with one attached hydrogen (secondary N) is 2. The number of aromatic amines is 1. The van der Waals surface area contributed by atoms with Crippen LogP contribution in [0, 0.1) is 25.7 Å². The molecule has 5 nitrogen and oxygen atoms in total. The maximum absolute atomic E-state index is 13.0. The Morgan fingerprint density at radius 2 is 2.16 bits per heavy atom. The summed E-state index contributed by atoms with van der Waals surface area (Å²) in [5, 5.41) is 3.53. The number of hydrogen-bond acceptors (Lipinski definition) is 4. The van der Waals surface area contributed by atoms with E-state index in [1.54, 1.807) is 18.6 Å². The Morgan fingerprint density at radius 1 is 1.36 bits per heavy atom. The Kier molecular flexibility index (Phi) is 5.33. The van der Waals surface area contributed by atoms with Gasteiger partial charge in [0.2, 0.25) is 0 Å². The number of ketones is 1. The third-order valence-electron chi connectivity index (χ3n) is 5.43. The summed E-state index contributed by atoms with van der Waals surface area (Å²) in [6.07, 6.45) is 7.83. The van der Waals surface area contributed by atoms with Gasteiger partial charge in [-0.2, -0.15) is 0 Å². The van der Waals surface area contributed by atoms with E-state index in [1.807, 2.05) is 19.9 Å². The van der Waals surface area contributed by atoms with Gasteiger partial charge in [0, 0.05) is 47.7 Å². The first-order valence-electron chi connectivity index (χ1n) is 8.70. The van der Waals surface area contributed by atoms with Crippen molar-refractivity contribution in [3.63, 3.8) is 0 Å². The van der Waals surface area contributed by atoms with Crippen LogP contribution in [0.25, 0.3) is 0 Å². The lowest BCUT2D eigenvalue weighted by Gasteiger charge is -2.17. The van der Waals surface area contributed by atoms with E-state index in [9.17, 15) is 9.36 Å². The second-order valence-corrected chi connectivity index (χ2v) is 7.69. The Labute approximate surface area is 149 Å². The first-order valence-corrected chi connectivity index (χ1v) is 9.70. The molecule has 0 radical (unpaired) electrons. The average molecular weight is 357 g/mol. The molecule has 0 aliphatic heterocycles. The van der Waals surface area contributed by atoms with Crippen LogP contribution in [0.4, 0.5) is 5.69 Å². The molecule has 0 saturated heterocycles. The van der Waals surface area contributed by atoms with Crippen molar-refractivity contribution >= 4 is 19.9 Å². The molecule has 25 heavy (non-hydrogen) atoms. The van der Waals surface area contributed by atoms with E-state index in [2.05, 4.69) is 22.2 Å². The molecule has 6 heteroatoms. The van der Waals surface area contributed by atoms with Gasteiger partial charge in [-0.25, -0.2) is 0 Å². The summed E-state index contributed by atoms with van der Waals surface area (Å²) in [5.41, 5.74) is 4.10. The van der Waals surface area contributed by atoms with Crippen molar-refractivity contribution in [2.45, 2.75) is 39.7 Å². The number of rotatable bonds is 6. The molecule has 0 amide bonds. The van der Waals surface area contributed by atoms with Crippen molar-refractivity contribution in [2.24, 2.45) is 11.8 Å². The van der Waals surface area contributed by atoms with E-state index in [-0.39, 0.29) is 14.2 Å². The van der Waals surface area contributed by atoms with Crippen molar-refractivity contribution in [3.05, 3.63) is 47.0 Å². The zero-order valence-electron chi connectivity index (χ0n) is 14.9. The SMILES string of the molecule is Cc1[nH]cc(C(=O)c2cnccc2N[C@@H]2C[C@H](CP=O)[C@@H](C)C2)c1C. The molecule has 2 heterocycles. The minimum absolute atomic E-state index is 0.0156. The molecule has 2 aromatic heterocycles. The first-order chi connectivity index (χ1) is 12.0. The van der Waals surface area contributed by atoms with E-state index >= 15 is 0 Å². The van der Waals surface area contributed by atoms with Crippen LogP contribution in [0.15, 0.2) is 24.7 Å². The number of carbonyl (C=O) groups excluding carboxylic acids is 1. The van der Waals surface area contributed by atoms with Crippen LogP contribution in [-0.2, 0) is 4.57 Å². The summed E-state index contributed by atoms with van der Waals surface area (Å²) < 4.78 is 10.9. The van der Waals surface area contributed by atoms with Gasteiger partial charge in [0.05, 0.1) is 5.56 Å². The van der Waals surface area contributed by atoms with Crippen LogP contribution in [-0.4, -0.2) is 28.0 Å². The summed E-state index contributed by atoms with van der Waals surface area (Å²) in [6, 6.07) is 2.16. The van der Waals surface area contributed by atoms with Crippen LogP contribution >= 0.6 is 8.46 Å². The highest BCUT2D eigenvalue weighted by molar-refractivity contribution is 7.23. The van der Waals surface area contributed by atoms with Crippen molar-refractivity contribution in [1.82, 2.24) is 9.97 Å². The quantitative estimate of drug-likeness (QED) is 0.594. The van der Waals surface area contributed by atoms with Gasteiger partial charge in [0.15, 0.2) is 14.2 Å². The molecule has 132 valence electrons. The zero-order valence-corrected chi connectivity index (χ0v) is 15.8. The van der Waals surface area contributed by atoms with Gasteiger partial charge in [-0.05, 0) is 50.2 Å². The van der Waals surface area contributed by atoms with Gasteiger partial charge >= 0.3 is 0 Å². The number of H-pyrrole nitrogens is 1. The fourth-order valence-electron chi connectivity index (χ4n) is 3.70. The molecule has 2 aromatic rings. The maximum atomic E-state index is 13.0. The molecule has 3 rings (SSSR count). The smallest absolute Gasteiger partial charge is 0.198 e. The fourth-order valence-corrected chi connectivity index (χ4v) is 4.40. The zero-order chi connectivity index (χ0) is 18.0. The monoisotopic (exact) mass is 357 g/mol. The summed E-state index contributed by atoms with van der Waals surface area (Å²) in [6.45, 7) is 6.12. The number of hydrogen-bond donors (Lipinski definition) is 2. The number of carbonyl (C=O) groups is 1. The second kappa shape index (κ2) is 7.49. The van der Waals surface area contributed by atoms with Gasteiger partial charge in [0.1, 0.15) is 0 Å². The standard InChI is InChI=1S/C19H24N3O2P/c1-11-6-15(7-14(11)10-25-24)22-18-4-5-20-8-17(18)19(23)16-9-21-13(3)12(16)2/h4-5,8-9,11,14-15,21H,6-7,10H2,1-3H3,(H,20,22)/t11-,14+,15-/m0/s1. The van der Waals surface area contributed by atoms with E-state index < -0.39 is 0 Å². The van der Waals surface area contributed by atoms with Crippen molar-refractivity contribution in [3.8, 4) is 0 Å². The molecule has 2 N–H and O–H groups in total. The van der Waals surface area contributed by atoms with E-state index in [0.717, 1.165) is 29.8 Å². The maximum Gasteiger partial charge on any atom is 0.198 e. The predicted molar refractivity (Wildman–Crippen MR) is 99.7 cm³/mol. The fraction of sp³-hybridized carbons (Fsp3) is 0.474. The Bertz CT molecular complexity index is 787. The topological polar surface area (TPSA) is 74.8 Å². The third-order valence-corrected chi connectivity index (χ3v) is 6.04. The Balaban J connectivity index is 1.81. The Hall–Kier alpha value is -2.00. The van der Waals surface area contributed by atoms with Crippen LogP contribution < -0.4 is 5.32 Å². The number of nitrogens with zero attached hydrogens (tertiary/aromatic N) is 1. The lowest BCUT2D eigenvalue weighted by molar-refractivity contribution is 0.103. The van der Waals surface area contributed by atoms with Crippen LogP contribution in [0.3, 0.4) is 0 Å². The molecule has 3 atom stereocenters. The van der Waals surface area contributed by atoms with E-state index in [4.69, 9.17) is 0 Å². The lowest BCUT2D eigenvalue weighted by Crippen LogP contribution is -2.18. The number of aromatic nitrogens is 2. The van der Waals surface area contributed by atoms with Gasteiger partial charge in [-0.15, -0.1) is 0 Å². The minimum atomic E-state index is -0.0156. The van der Waals surface area contributed by atoms with Crippen LogP contribution in [0.2, 0.25) is 0 Å². The highest BCUT2D eigenvalue weighted by Crippen LogP contribution is 2.36. The van der Waals surface area contributed by atoms with Crippen LogP contribution in [0.1, 0.15) is 46.9 Å². The van der Waals surface area contributed by atoms with Crippen molar-refractivity contribution in [2.75, 3.05) is 11.5 Å². The molecule has 0 spiro atoms. The second-order valence-electron chi connectivity index (χ2n) is 7.06. The molecule has 0 aromatic carbocycles. The molecule has 1 aliphatic rings. The normalized spacial score (nSPS) is 23.1. The highest BCUT2D eigenvalue weighted by Gasteiger charge is 2.31. The van der Waals surface area contributed by atoms with E-state index in [1.165, 1.54) is 0 Å². The average Bonchev–Trinajstić information content (AvgIpc) is 3.11. The number of pyridine rings is 1. The molecular formula is C19H24N3O2P. The molecule has 1 fully saturated rings. The third kappa shape index (κ3) is 3.67. The van der Waals surface area contributed by atoms with E-state index in [0.29, 0.717) is 35.2 Å². The first kappa shape index (κ1) is 17.8. The van der Waals surface area contributed by atoms with Gasteiger partial charge in [-0.1, -0.05) is 6.92 Å². The minimum Gasteiger partial charge on any atom is -0.382 e. The molecule has 0 unspecified atom stereocenters. The number of anilines is 1. The molecular weight excluding hydrogens is 333 g/mol. The summed E-state index contributed by atoms with van der Waals surface area (Å²) >= 11 is 0. The highest BCUT2D eigenvalue weighted by atomic mass is 31.1. The predicted octanol–water partition coefficient (Wildman–Crippen LogP) is 4.38. The molecule has 0 bridgehead atoms. The lowest BCUT2D eigenvalue weighted by atomic mass is 10.0. The summed E-state index contributed by atoms with van der Waals surface area (Å²) in [5.74, 6) is 0.986. The largest absolute Gasteiger partial charge is 0.382 e. The summed E-state index contributed by atoms with van der Waals surface area (Å²) in [7, 11) is 0.220. The Morgan fingerprint density at radius 3 is 2.84 bits per heavy atom. The van der Waals surface area contributed by atoms with Gasteiger partial charge in [0.25, 0.3) is 0 Å². The summed E-state index contributed by atoms with van der Waals surface area (Å²) in [4.78, 5) is 20.2. The van der Waals surface area contributed by atoms with Gasteiger partial charge < -0.3 is 10.3 Å². The number of aryl methyl sites for hydroxylation is 1. The van der Waals surface area contributed by atoms with Crippen molar-refractivity contribution in [1.29, 1.82) is 0 Å². The van der Waals surface area contributed by atoms with Crippen molar-refractivity contribution < 1.29 is 9.36 Å². The molecule has 1 aliphatic carbocycles. The molecule has 1 saturated carbocycles.